The van der Waals surface area contributed by atoms with Gasteiger partial charge in [0.2, 0.25) is 0 Å². The summed E-state index contributed by atoms with van der Waals surface area (Å²) in [5.41, 5.74) is 2.31. The van der Waals surface area contributed by atoms with Crippen LogP contribution < -0.4 is 5.56 Å². The van der Waals surface area contributed by atoms with Gasteiger partial charge in [0, 0.05) is 17.3 Å². The first kappa shape index (κ1) is 13.4. The molecule has 0 fully saturated rings. The highest BCUT2D eigenvalue weighted by Crippen LogP contribution is 2.25. The van der Waals surface area contributed by atoms with Crippen LogP contribution in [0.25, 0.3) is 11.1 Å². The van der Waals surface area contributed by atoms with Gasteiger partial charge in [0.25, 0.3) is 5.56 Å². The summed E-state index contributed by atoms with van der Waals surface area (Å²) in [5, 5.41) is 9.36. The SMILES string of the molecule is Cc1ccc(Cl)cc1-c1ccc(=O)n(CC(=O)O)c1. The number of aromatic nitrogens is 1. The first-order chi connectivity index (χ1) is 8.97. The highest BCUT2D eigenvalue weighted by atomic mass is 35.5. The average Bonchev–Trinajstić information content (AvgIpc) is 2.34. The van der Waals surface area contributed by atoms with E-state index in [2.05, 4.69) is 0 Å². The van der Waals surface area contributed by atoms with Crippen LogP contribution in [-0.2, 0) is 11.3 Å². The van der Waals surface area contributed by atoms with E-state index in [1.807, 2.05) is 13.0 Å². The van der Waals surface area contributed by atoms with Gasteiger partial charge in [-0.25, -0.2) is 0 Å². The molecule has 1 heterocycles. The molecule has 0 saturated heterocycles. The van der Waals surface area contributed by atoms with Gasteiger partial charge in [0.05, 0.1) is 0 Å². The molecule has 2 rings (SSSR count). The number of rotatable bonds is 3. The topological polar surface area (TPSA) is 59.3 Å². The molecule has 2 aromatic rings. The number of aryl methyl sites for hydroxylation is 1. The Morgan fingerprint density at radius 3 is 2.74 bits per heavy atom. The third kappa shape index (κ3) is 3.03. The van der Waals surface area contributed by atoms with Crippen molar-refractivity contribution in [2.45, 2.75) is 13.5 Å². The van der Waals surface area contributed by atoms with Gasteiger partial charge in [-0.05, 0) is 41.8 Å². The Morgan fingerprint density at radius 2 is 2.05 bits per heavy atom. The molecule has 4 nitrogen and oxygen atoms in total. The maximum absolute atomic E-state index is 11.6. The second-order valence-electron chi connectivity index (χ2n) is 4.24. The smallest absolute Gasteiger partial charge is 0.323 e. The largest absolute Gasteiger partial charge is 0.480 e. The molecule has 98 valence electrons. The van der Waals surface area contributed by atoms with Crippen molar-refractivity contribution in [3.63, 3.8) is 0 Å². The summed E-state index contributed by atoms with van der Waals surface area (Å²) in [6.45, 7) is 1.57. The van der Waals surface area contributed by atoms with Crippen molar-refractivity contribution < 1.29 is 9.90 Å². The van der Waals surface area contributed by atoms with Gasteiger partial charge < -0.3 is 9.67 Å². The summed E-state index contributed by atoms with van der Waals surface area (Å²) in [7, 11) is 0. The number of benzene rings is 1. The highest BCUT2D eigenvalue weighted by molar-refractivity contribution is 6.30. The molecule has 0 atom stereocenters. The second-order valence-corrected chi connectivity index (χ2v) is 4.67. The summed E-state index contributed by atoms with van der Waals surface area (Å²) in [4.78, 5) is 22.3. The van der Waals surface area contributed by atoms with E-state index in [4.69, 9.17) is 16.7 Å². The lowest BCUT2D eigenvalue weighted by Gasteiger charge is -2.09. The minimum absolute atomic E-state index is 0.342. The normalized spacial score (nSPS) is 10.4. The Kier molecular flexibility index (Phi) is 3.71. The van der Waals surface area contributed by atoms with Crippen molar-refractivity contribution >= 4 is 17.6 Å². The fraction of sp³-hybridized carbons (Fsp3) is 0.143. The van der Waals surface area contributed by atoms with Crippen LogP contribution in [0, 0.1) is 6.92 Å². The Morgan fingerprint density at radius 1 is 1.32 bits per heavy atom. The average molecular weight is 278 g/mol. The summed E-state index contributed by atoms with van der Waals surface area (Å²) in [6.07, 6.45) is 1.54. The lowest BCUT2D eigenvalue weighted by Crippen LogP contribution is -2.22. The number of carboxylic acids is 1. The van der Waals surface area contributed by atoms with Crippen LogP contribution in [-0.4, -0.2) is 15.6 Å². The van der Waals surface area contributed by atoms with E-state index in [-0.39, 0.29) is 12.1 Å². The molecule has 1 aromatic carbocycles. The number of nitrogens with zero attached hydrogens (tertiary/aromatic N) is 1. The fourth-order valence-electron chi connectivity index (χ4n) is 1.87. The Hall–Kier alpha value is -2.07. The van der Waals surface area contributed by atoms with Crippen molar-refractivity contribution in [3.8, 4) is 11.1 Å². The first-order valence-corrected chi connectivity index (χ1v) is 6.04. The van der Waals surface area contributed by atoms with Gasteiger partial charge in [0.1, 0.15) is 6.54 Å². The Balaban J connectivity index is 2.54. The molecule has 1 aromatic heterocycles. The van der Waals surface area contributed by atoms with E-state index in [0.717, 1.165) is 21.3 Å². The molecule has 0 bridgehead atoms. The van der Waals surface area contributed by atoms with Crippen LogP contribution >= 0.6 is 11.6 Å². The van der Waals surface area contributed by atoms with E-state index < -0.39 is 5.97 Å². The third-order valence-electron chi connectivity index (χ3n) is 2.80. The molecule has 1 N–H and O–H groups in total. The molecule has 0 aliphatic rings. The summed E-state index contributed by atoms with van der Waals surface area (Å²) in [5.74, 6) is -1.05. The molecule has 0 amide bonds. The Labute approximate surface area is 114 Å². The molecular formula is C14H12ClNO3. The molecule has 0 aliphatic carbocycles. The van der Waals surface area contributed by atoms with Gasteiger partial charge >= 0.3 is 5.97 Å². The number of hydrogen-bond acceptors (Lipinski definition) is 2. The number of aliphatic carboxylic acids is 1. The van der Waals surface area contributed by atoms with Crippen molar-refractivity contribution in [2.75, 3.05) is 0 Å². The molecule has 0 aliphatic heterocycles. The zero-order valence-corrected chi connectivity index (χ0v) is 11.0. The second kappa shape index (κ2) is 5.28. The van der Waals surface area contributed by atoms with E-state index in [1.54, 1.807) is 18.2 Å². The van der Waals surface area contributed by atoms with Gasteiger partial charge in [-0.2, -0.15) is 0 Å². The van der Waals surface area contributed by atoms with E-state index in [9.17, 15) is 9.59 Å². The zero-order chi connectivity index (χ0) is 14.0. The van der Waals surface area contributed by atoms with Crippen molar-refractivity contribution in [2.24, 2.45) is 0 Å². The molecule has 0 unspecified atom stereocenters. The van der Waals surface area contributed by atoms with Crippen LogP contribution in [0.5, 0.6) is 0 Å². The summed E-state index contributed by atoms with van der Waals surface area (Å²) < 4.78 is 1.16. The van der Waals surface area contributed by atoms with Gasteiger partial charge in [-0.1, -0.05) is 17.7 Å². The first-order valence-electron chi connectivity index (χ1n) is 5.66. The van der Waals surface area contributed by atoms with E-state index in [0.29, 0.717) is 5.02 Å². The maximum atomic E-state index is 11.6. The maximum Gasteiger partial charge on any atom is 0.323 e. The van der Waals surface area contributed by atoms with Crippen LogP contribution in [0.15, 0.2) is 41.3 Å². The van der Waals surface area contributed by atoms with Crippen LogP contribution in [0.2, 0.25) is 5.02 Å². The lowest BCUT2D eigenvalue weighted by atomic mass is 10.0. The molecule has 0 radical (unpaired) electrons. The van der Waals surface area contributed by atoms with Crippen molar-refractivity contribution in [1.82, 2.24) is 4.57 Å². The zero-order valence-electron chi connectivity index (χ0n) is 10.3. The summed E-state index contributed by atoms with van der Waals surface area (Å²) >= 11 is 5.96. The Bertz CT molecular complexity index is 691. The van der Waals surface area contributed by atoms with E-state index in [1.165, 1.54) is 12.3 Å². The number of carbonyl (C=O) groups is 1. The standard InChI is InChI=1S/C14H12ClNO3/c1-9-2-4-11(15)6-12(9)10-3-5-13(17)16(7-10)8-14(18)19/h2-7H,8H2,1H3,(H,18,19). The molecule has 5 heteroatoms. The van der Waals surface area contributed by atoms with Crippen LogP contribution in [0.4, 0.5) is 0 Å². The van der Waals surface area contributed by atoms with Crippen molar-refractivity contribution in [1.29, 1.82) is 0 Å². The highest BCUT2D eigenvalue weighted by Gasteiger charge is 2.07. The van der Waals surface area contributed by atoms with Crippen LogP contribution in [0.1, 0.15) is 5.56 Å². The summed E-state index contributed by atoms with van der Waals surface area (Å²) in [6, 6.07) is 8.48. The van der Waals surface area contributed by atoms with Gasteiger partial charge in [0.15, 0.2) is 0 Å². The predicted molar refractivity (Wildman–Crippen MR) is 73.5 cm³/mol. The molecule has 19 heavy (non-hydrogen) atoms. The monoisotopic (exact) mass is 277 g/mol. The third-order valence-corrected chi connectivity index (χ3v) is 3.03. The fourth-order valence-corrected chi connectivity index (χ4v) is 2.04. The quantitative estimate of drug-likeness (QED) is 0.938. The molecule has 0 saturated carbocycles. The number of carboxylic acid groups (broad SMARTS) is 1. The minimum atomic E-state index is -1.05. The lowest BCUT2D eigenvalue weighted by molar-refractivity contribution is -0.137. The van der Waals surface area contributed by atoms with E-state index >= 15 is 0 Å². The molecule has 0 spiro atoms. The number of pyridine rings is 1. The minimum Gasteiger partial charge on any atom is -0.480 e. The molecular weight excluding hydrogens is 266 g/mol. The number of hydrogen-bond donors (Lipinski definition) is 1. The van der Waals surface area contributed by atoms with Gasteiger partial charge in [-0.3, -0.25) is 9.59 Å². The van der Waals surface area contributed by atoms with Crippen LogP contribution in [0.3, 0.4) is 0 Å². The number of halogens is 1. The van der Waals surface area contributed by atoms with Gasteiger partial charge in [-0.15, -0.1) is 0 Å². The van der Waals surface area contributed by atoms with Crippen molar-refractivity contribution in [3.05, 3.63) is 57.5 Å². The predicted octanol–water partition coefficient (Wildman–Crippen LogP) is 2.56.